The molecule has 0 bridgehead atoms. The van der Waals surface area contributed by atoms with Crippen molar-refractivity contribution in [2.24, 2.45) is 0 Å². The SMILES string of the molecule is Nc1ncc(CBr)c(C(F)F)c1C(F)(F)F. The highest BCUT2D eigenvalue weighted by Crippen LogP contribution is 2.41. The van der Waals surface area contributed by atoms with Gasteiger partial charge < -0.3 is 5.73 Å². The van der Waals surface area contributed by atoms with Crippen LogP contribution in [0, 0.1) is 0 Å². The van der Waals surface area contributed by atoms with E-state index < -0.39 is 29.5 Å². The van der Waals surface area contributed by atoms with Crippen molar-refractivity contribution >= 4 is 21.7 Å². The molecule has 2 N–H and O–H groups in total. The summed E-state index contributed by atoms with van der Waals surface area (Å²) in [6.07, 6.45) is -7.29. The van der Waals surface area contributed by atoms with Crippen LogP contribution in [0.5, 0.6) is 0 Å². The van der Waals surface area contributed by atoms with Gasteiger partial charge in [0.15, 0.2) is 0 Å². The topological polar surface area (TPSA) is 38.9 Å². The lowest BCUT2D eigenvalue weighted by atomic mass is 10.0. The Morgan fingerprint density at radius 2 is 1.94 bits per heavy atom. The van der Waals surface area contributed by atoms with E-state index in [9.17, 15) is 22.0 Å². The highest BCUT2D eigenvalue weighted by atomic mass is 79.9. The van der Waals surface area contributed by atoms with E-state index in [0.717, 1.165) is 6.20 Å². The van der Waals surface area contributed by atoms with Gasteiger partial charge >= 0.3 is 6.18 Å². The molecule has 90 valence electrons. The van der Waals surface area contributed by atoms with Crippen LogP contribution in [0.15, 0.2) is 6.20 Å². The van der Waals surface area contributed by atoms with Crippen LogP contribution in [-0.2, 0) is 11.5 Å². The van der Waals surface area contributed by atoms with Crippen LogP contribution < -0.4 is 5.73 Å². The van der Waals surface area contributed by atoms with Crippen LogP contribution in [0.2, 0.25) is 0 Å². The molecule has 2 nitrogen and oxygen atoms in total. The minimum absolute atomic E-state index is 0.150. The molecule has 0 radical (unpaired) electrons. The molecule has 1 aromatic heterocycles. The van der Waals surface area contributed by atoms with Gasteiger partial charge in [-0.15, -0.1) is 0 Å². The molecule has 0 aliphatic heterocycles. The van der Waals surface area contributed by atoms with Gasteiger partial charge in [-0.3, -0.25) is 0 Å². The summed E-state index contributed by atoms with van der Waals surface area (Å²) in [7, 11) is 0. The van der Waals surface area contributed by atoms with E-state index in [1.807, 2.05) is 0 Å². The van der Waals surface area contributed by atoms with Gasteiger partial charge in [-0.05, 0) is 5.56 Å². The Morgan fingerprint density at radius 3 is 2.31 bits per heavy atom. The van der Waals surface area contributed by atoms with E-state index >= 15 is 0 Å². The highest BCUT2D eigenvalue weighted by molar-refractivity contribution is 9.08. The zero-order valence-electron chi connectivity index (χ0n) is 7.65. The number of nitrogen functional groups attached to an aromatic ring is 1. The molecule has 1 heterocycles. The van der Waals surface area contributed by atoms with Crippen molar-refractivity contribution in [3.63, 3.8) is 0 Å². The Kier molecular flexibility index (Phi) is 3.72. The molecular weight excluding hydrogens is 299 g/mol. The third-order valence-corrected chi connectivity index (χ3v) is 2.48. The summed E-state index contributed by atoms with van der Waals surface area (Å²) in [5.74, 6) is -0.937. The van der Waals surface area contributed by atoms with E-state index in [2.05, 4.69) is 20.9 Å². The molecule has 16 heavy (non-hydrogen) atoms. The summed E-state index contributed by atoms with van der Waals surface area (Å²) in [4.78, 5) is 3.25. The fourth-order valence-electron chi connectivity index (χ4n) is 1.23. The van der Waals surface area contributed by atoms with Gasteiger partial charge in [0.25, 0.3) is 6.43 Å². The van der Waals surface area contributed by atoms with Crippen LogP contribution in [0.3, 0.4) is 0 Å². The molecule has 0 fully saturated rings. The van der Waals surface area contributed by atoms with E-state index in [0.29, 0.717) is 0 Å². The Bertz CT molecular complexity index is 391. The number of nitrogens with two attached hydrogens (primary N) is 1. The summed E-state index contributed by atoms with van der Waals surface area (Å²) in [5.41, 5.74) is 2.09. The number of nitrogens with zero attached hydrogens (tertiary/aromatic N) is 1. The lowest BCUT2D eigenvalue weighted by Gasteiger charge is -2.16. The minimum Gasteiger partial charge on any atom is -0.383 e. The molecule has 0 unspecified atom stereocenters. The Labute approximate surface area is 95.8 Å². The summed E-state index contributed by atoms with van der Waals surface area (Å²) in [6, 6.07) is 0. The zero-order chi connectivity index (χ0) is 12.5. The predicted molar refractivity (Wildman–Crippen MR) is 51.2 cm³/mol. The van der Waals surface area contributed by atoms with Crippen LogP contribution in [-0.4, -0.2) is 4.98 Å². The number of aromatic nitrogens is 1. The van der Waals surface area contributed by atoms with Gasteiger partial charge in [0.1, 0.15) is 11.4 Å². The van der Waals surface area contributed by atoms with E-state index in [-0.39, 0.29) is 10.9 Å². The number of alkyl halides is 6. The predicted octanol–water partition coefficient (Wildman–Crippen LogP) is 3.52. The number of hydrogen-bond acceptors (Lipinski definition) is 2. The van der Waals surface area contributed by atoms with Gasteiger partial charge in [0.05, 0.1) is 0 Å². The van der Waals surface area contributed by atoms with Crippen molar-refractivity contribution in [3.05, 3.63) is 22.9 Å². The van der Waals surface area contributed by atoms with Gasteiger partial charge in [-0.1, -0.05) is 15.9 Å². The maximum Gasteiger partial charge on any atom is 0.420 e. The van der Waals surface area contributed by atoms with E-state index in [4.69, 9.17) is 5.73 Å². The zero-order valence-corrected chi connectivity index (χ0v) is 9.24. The molecule has 1 rings (SSSR count). The molecular formula is C8H6BrF5N2. The van der Waals surface area contributed by atoms with Crippen molar-refractivity contribution in [2.45, 2.75) is 17.9 Å². The smallest absolute Gasteiger partial charge is 0.383 e. The van der Waals surface area contributed by atoms with Crippen LogP contribution in [0.25, 0.3) is 0 Å². The number of rotatable bonds is 2. The first-order chi connectivity index (χ1) is 7.29. The molecule has 0 spiro atoms. The molecule has 0 aliphatic rings. The number of hydrogen-bond donors (Lipinski definition) is 1. The molecule has 0 saturated heterocycles. The number of anilines is 1. The second kappa shape index (κ2) is 4.52. The van der Waals surface area contributed by atoms with Crippen molar-refractivity contribution in [1.29, 1.82) is 0 Å². The van der Waals surface area contributed by atoms with Crippen molar-refractivity contribution in [3.8, 4) is 0 Å². The minimum atomic E-state index is -4.94. The second-order valence-corrected chi connectivity index (χ2v) is 3.45. The fraction of sp³-hybridized carbons (Fsp3) is 0.375. The lowest BCUT2D eigenvalue weighted by molar-refractivity contribution is -0.139. The Balaban J connectivity index is 3.55. The Morgan fingerprint density at radius 1 is 1.38 bits per heavy atom. The third kappa shape index (κ3) is 2.42. The van der Waals surface area contributed by atoms with E-state index in [1.165, 1.54) is 0 Å². The maximum atomic E-state index is 12.6. The number of halogens is 6. The van der Waals surface area contributed by atoms with Crippen LogP contribution >= 0.6 is 15.9 Å². The second-order valence-electron chi connectivity index (χ2n) is 2.89. The molecule has 0 atom stereocenters. The molecule has 0 amide bonds. The summed E-state index contributed by atoms with van der Waals surface area (Å²) in [6.45, 7) is 0. The van der Waals surface area contributed by atoms with Crippen LogP contribution in [0.4, 0.5) is 27.8 Å². The largest absolute Gasteiger partial charge is 0.420 e. The van der Waals surface area contributed by atoms with Gasteiger partial charge in [-0.2, -0.15) is 13.2 Å². The van der Waals surface area contributed by atoms with E-state index in [1.54, 1.807) is 0 Å². The van der Waals surface area contributed by atoms with Gasteiger partial charge in [0, 0.05) is 17.1 Å². The monoisotopic (exact) mass is 304 g/mol. The molecule has 1 aromatic rings. The third-order valence-electron chi connectivity index (χ3n) is 1.88. The van der Waals surface area contributed by atoms with Crippen molar-refractivity contribution < 1.29 is 22.0 Å². The molecule has 0 aliphatic carbocycles. The molecule has 0 aromatic carbocycles. The van der Waals surface area contributed by atoms with Gasteiger partial charge in [0.2, 0.25) is 0 Å². The summed E-state index contributed by atoms with van der Waals surface area (Å²) in [5, 5.41) is -0.150. The molecule has 0 saturated carbocycles. The van der Waals surface area contributed by atoms with Crippen molar-refractivity contribution in [2.75, 3.05) is 5.73 Å². The lowest BCUT2D eigenvalue weighted by Crippen LogP contribution is -2.16. The summed E-state index contributed by atoms with van der Waals surface area (Å²) >= 11 is 2.82. The Hall–Kier alpha value is -0.920. The fourth-order valence-corrected chi connectivity index (χ4v) is 1.68. The number of pyridine rings is 1. The van der Waals surface area contributed by atoms with Crippen molar-refractivity contribution in [1.82, 2.24) is 4.98 Å². The first-order valence-electron chi connectivity index (χ1n) is 3.97. The average Bonchev–Trinajstić information content (AvgIpc) is 2.15. The maximum absolute atomic E-state index is 12.6. The summed E-state index contributed by atoms with van der Waals surface area (Å²) < 4.78 is 62.7. The normalized spacial score (nSPS) is 12.2. The average molecular weight is 305 g/mol. The van der Waals surface area contributed by atoms with Crippen LogP contribution in [0.1, 0.15) is 23.1 Å². The highest BCUT2D eigenvalue weighted by Gasteiger charge is 2.39. The quantitative estimate of drug-likeness (QED) is 0.671. The van der Waals surface area contributed by atoms with Gasteiger partial charge in [-0.25, -0.2) is 13.8 Å². The first-order valence-corrected chi connectivity index (χ1v) is 5.09. The first kappa shape index (κ1) is 13.1. The molecule has 8 heteroatoms. The standard InChI is InChI=1S/C8H6BrF5N2/c9-1-3-2-16-7(15)5(8(12,13)14)4(3)6(10)11/h2,6H,1H2,(H2,15,16).